The van der Waals surface area contributed by atoms with Crippen LogP contribution in [-0.4, -0.2) is 32.0 Å². The molecule has 0 rings (SSSR count). The molecule has 0 saturated heterocycles. The number of nitrogens with one attached hydrogen (secondary N) is 1. The first-order valence-electron chi connectivity index (χ1n) is 5.70. The van der Waals surface area contributed by atoms with Crippen molar-refractivity contribution in [3.05, 3.63) is 0 Å². The van der Waals surface area contributed by atoms with Crippen molar-refractivity contribution in [3.63, 3.8) is 0 Å². The van der Waals surface area contributed by atoms with Crippen molar-refractivity contribution >= 4 is 0 Å². The molecule has 0 aliphatic heterocycles. The van der Waals surface area contributed by atoms with Gasteiger partial charge < -0.3 is 10.1 Å². The standard InChI is InChI=1S/C11H22F3NO/c1-4-5-6-10(8-16-3)15-9(2)7-11(12,13)14/h9-10,15H,4-8H2,1-3H3. The first-order valence-corrected chi connectivity index (χ1v) is 5.70. The number of alkyl halides is 3. The number of ether oxygens (including phenoxy) is 1. The maximum absolute atomic E-state index is 12.1. The molecule has 2 nitrogen and oxygen atoms in total. The highest BCUT2D eigenvalue weighted by Crippen LogP contribution is 2.21. The molecule has 0 aromatic rings. The molecule has 0 aromatic heterocycles. The number of rotatable bonds is 8. The summed E-state index contributed by atoms with van der Waals surface area (Å²) in [6.45, 7) is 4.08. The van der Waals surface area contributed by atoms with Gasteiger partial charge in [0, 0.05) is 19.2 Å². The quantitative estimate of drug-likeness (QED) is 0.705. The van der Waals surface area contributed by atoms with Crippen LogP contribution in [0.4, 0.5) is 13.2 Å². The maximum atomic E-state index is 12.1. The highest BCUT2D eigenvalue weighted by Gasteiger charge is 2.30. The largest absolute Gasteiger partial charge is 0.390 e. The van der Waals surface area contributed by atoms with E-state index in [9.17, 15) is 13.2 Å². The second-order valence-electron chi connectivity index (χ2n) is 4.18. The van der Waals surface area contributed by atoms with Gasteiger partial charge in [-0.2, -0.15) is 13.2 Å². The zero-order chi connectivity index (χ0) is 12.6. The van der Waals surface area contributed by atoms with Gasteiger partial charge in [0.25, 0.3) is 0 Å². The summed E-state index contributed by atoms with van der Waals surface area (Å²) in [4.78, 5) is 0. The van der Waals surface area contributed by atoms with Crippen molar-refractivity contribution in [3.8, 4) is 0 Å². The highest BCUT2D eigenvalue weighted by atomic mass is 19.4. The van der Waals surface area contributed by atoms with Gasteiger partial charge in [-0.05, 0) is 13.3 Å². The fourth-order valence-electron chi connectivity index (χ4n) is 1.67. The topological polar surface area (TPSA) is 21.3 Å². The Morgan fingerprint density at radius 2 is 1.94 bits per heavy atom. The lowest BCUT2D eigenvalue weighted by Crippen LogP contribution is -2.41. The van der Waals surface area contributed by atoms with E-state index in [0.717, 1.165) is 19.3 Å². The Morgan fingerprint density at radius 1 is 1.31 bits per heavy atom. The Balaban J connectivity index is 3.96. The van der Waals surface area contributed by atoms with E-state index in [2.05, 4.69) is 12.2 Å². The number of halogens is 3. The molecule has 1 N–H and O–H groups in total. The van der Waals surface area contributed by atoms with E-state index in [1.165, 1.54) is 0 Å². The number of hydrogen-bond donors (Lipinski definition) is 1. The fraction of sp³-hybridized carbons (Fsp3) is 1.00. The molecule has 0 radical (unpaired) electrons. The van der Waals surface area contributed by atoms with Gasteiger partial charge >= 0.3 is 6.18 Å². The molecule has 98 valence electrons. The summed E-state index contributed by atoms with van der Waals surface area (Å²) < 4.78 is 41.4. The Kier molecular flexibility index (Phi) is 7.76. The summed E-state index contributed by atoms with van der Waals surface area (Å²) in [5.74, 6) is 0. The van der Waals surface area contributed by atoms with Crippen LogP contribution in [0.25, 0.3) is 0 Å². The van der Waals surface area contributed by atoms with Crippen LogP contribution in [0.2, 0.25) is 0 Å². The third-order valence-corrected chi connectivity index (χ3v) is 2.33. The Hall–Kier alpha value is -0.290. The molecule has 0 bridgehead atoms. The van der Waals surface area contributed by atoms with Crippen LogP contribution in [0, 0.1) is 0 Å². The third-order valence-electron chi connectivity index (χ3n) is 2.33. The molecule has 5 heteroatoms. The van der Waals surface area contributed by atoms with Crippen LogP contribution in [0.3, 0.4) is 0 Å². The van der Waals surface area contributed by atoms with E-state index in [1.54, 1.807) is 14.0 Å². The number of methoxy groups -OCH3 is 1. The lowest BCUT2D eigenvalue weighted by atomic mass is 10.1. The molecule has 0 heterocycles. The van der Waals surface area contributed by atoms with Gasteiger partial charge in [-0.15, -0.1) is 0 Å². The van der Waals surface area contributed by atoms with Crippen LogP contribution in [0.5, 0.6) is 0 Å². The number of unbranched alkanes of at least 4 members (excludes halogenated alkanes) is 1. The molecular formula is C11H22F3NO. The minimum Gasteiger partial charge on any atom is -0.383 e. The molecule has 0 saturated carbocycles. The third kappa shape index (κ3) is 8.97. The Labute approximate surface area is 95.5 Å². The predicted molar refractivity (Wildman–Crippen MR) is 58.5 cm³/mol. The zero-order valence-corrected chi connectivity index (χ0v) is 10.2. The fourth-order valence-corrected chi connectivity index (χ4v) is 1.67. The molecule has 0 aliphatic carbocycles. The molecule has 2 atom stereocenters. The van der Waals surface area contributed by atoms with E-state index in [-0.39, 0.29) is 6.04 Å². The summed E-state index contributed by atoms with van der Waals surface area (Å²) in [5, 5.41) is 2.96. The smallest absolute Gasteiger partial charge is 0.383 e. The average molecular weight is 241 g/mol. The normalized spacial score (nSPS) is 16.1. The second kappa shape index (κ2) is 7.90. The van der Waals surface area contributed by atoms with Crippen LogP contribution in [0.15, 0.2) is 0 Å². The van der Waals surface area contributed by atoms with Gasteiger partial charge in [0.1, 0.15) is 0 Å². The van der Waals surface area contributed by atoms with Gasteiger partial charge in [0.05, 0.1) is 13.0 Å². The van der Waals surface area contributed by atoms with Crippen molar-refractivity contribution in [1.82, 2.24) is 5.32 Å². The van der Waals surface area contributed by atoms with E-state index in [4.69, 9.17) is 4.74 Å². The summed E-state index contributed by atoms with van der Waals surface area (Å²) in [6, 6.07) is -0.542. The molecule has 0 aromatic carbocycles. The van der Waals surface area contributed by atoms with Crippen LogP contribution in [-0.2, 0) is 4.74 Å². The Morgan fingerprint density at radius 3 is 2.38 bits per heavy atom. The van der Waals surface area contributed by atoms with E-state index < -0.39 is 18.6 Å². The highest BCUT2D eigenvalue weighted by molar-refractivity contribution is 4.73. The minimum absolute atomic E-state index is 0.0160. The number of hydrogen-bond acceptors (Lipinski definition) is 2. The average Bonchev–Trinajstić information content (AvgIpc) is 2.11. The SMILES string of the molecule is CCCCC(COC)NC(C)CC(F)(F)F. The molecule has 0 fully saturated rings. The van der Waals surface area contributed by atoms with Crippen molar-refractivity contribution in [2.45, 2.75) is 57.8 Å². The van der Waals surface area contributed by atoms with Gasteiger partial charge in [-0.3, -0.25) is 0 Å². The lowest BCUT2D eigenvalue weighted by molar-refractivity contribution is -0.139. The van der Waals surface area contributed by atoms with Crippen molar-refractivity contribution in [2.24, 2.45) is 0 Å². The van der Waals surface area contributed by atoms with Crippen LogP contribution < -0.4 is 5.32 Å². The summed E-state index contributed by atoms with van der Waals surface area (Å²) >= 11 is 0. The van der Waals surface area contributed by atoms with Crippen molar-refractivity contribution < 1.29 is 17.9 Å². The Bertz CT molecular complexity index is 173. The molecule has 0 spiro atoms. The van der Waals surface area contributed by atoms with E-state index in [0.29, 0.717) is 6.61 Å². The van der Waals surface area contributed by atoms with Crippen LogP contribution >= 0.6 is 0 Å². The van der Waals surface area contributed by atoms with Crippen LogP contribution in [0.1, 0.15) is 39.5 Å². The van der Waals surface area contributed by atoms with Gasteiger partial charge in [-0.25, -0.2) is 0 Å². The molecule has 16 heavy (non-hydrogen) atoms. The first kappa shape index (κ1) is 15.7. The molecule has 0 amide bonds. The maximum Gasteiger partial charge on any atom is 0.390 e. The van der Waals surface area contributed by atoms with Crippen molar-refractivity contribution in [1.29, 1.82) is 0 Å². The summed E-state index contributed by atoms with van der Waals surface area (Å²) in [5.41, 5.74) is 0. The molecule has 0 aliphatic rings. The summed E-state index contributed by atoms with van der Waals surface area (Å²) in [6.07, 6.45) is -2.00. The summed E-state index contributed by atoms with van der Waals surface area (Å²) in [7, 11) is 1.56. The zero-order valence-electron chi connectivity index (χ0n) is 10.2. The first-order chi connectivity index (χ1) is 7.39. The predicted octanol–water partition coefficient (Wildman–Crippen LogP) is 3.12. The second-order valence-corrected chi connectivity index (χ2v) is 4.18. The van der Waals surface area contributed by atoms with E-state index >= 15 is 0 Å². The van der Waals surface area contributed by atoms with Gasteiger partial charge in [0.15, 0.2) is 0 Å². The van der Waals surface area contributed by atoms with E-state index in [1.807, 2.05) is 0 Å². The van der Waals surface area contributed by atoms with Gasteiger partial charge in [0.2, 0.25) is 0 Å². The molecule has 2 unspecified atom stereocenters. The lowest BCUT2D eigenvalue weighted by Gasteiger charge is -2.23. The minimum atomic E-state index is -4.10. The molecular weight excluding hydrogens is 219 g/mol. The van der Waals surface area contributed by atoms with Gasteiger partial charge in [-0.1, -0.05) is 19.8 Å². The van der Waals surface area contributed by atoms with Crippen molar-refractivity contribution in [2.75, 3.05) is 13.7 Å². The monoisotopic (exact) mass is 241 g/mol.